The molecule has 0 saturated heterocycles. The van der Waals surface area contributed by atoms with Crippen LogP contribution >= 0.6 is 7.59 Å². The molecule has 0 amide bonds. The molecule has 0 radical (unpaired) electrons. The maximum atomic E-state index is 12.9. The van der Waals surface area contributed by atoms with Gasteiger partial charge in [0.1, 0.15) is 0 Å². The van der Waals surface area contributed by atoms with Gasteiger partial charge in [-0.15, -0.1) is 13.2 Å². The summed E-state index contributed by atoms with van der Waals surface area (Å²) in [5.74, 6) is 0. The lowest BCUT2D eigenvalue weighted by molar-refractivity contribution is 0.290. The van der Waals surface area contributed by atoms with Gasteiger partial charge in [-0.05, 0) is 27.7 Å². The molecule has 0 aromatic carbocycles. The van der Waals surface area contributed by atoms with Crippen LogP contribution in [-0.2, 0) is 4.57 Å². The van der Waals surface area contributed by atoms with E-state index >= 15 is 0 Å². The molecule has 0 unspecified atom stereocenters. The van der Waals surface area contributed by atoms with Crippen molar-refractivity contribution >= 4 is 7.59 Å². The van der Waals surface area contributed by atoms with Crippen LogP contribution in [0.15, 0.2) is 25.3 Å². The van der Waals surface area contributed by atoms with Crippen molar-refractivity contribution in [2.45, 2.75) is 39.8 Å². The zero-order chi connectivity index (χ0) is 13.5. The summed E-state index contributed by atoms with van der Waals surface area (Å²) in [7, 11) is -2.78. The van der Waals surface area contributed by atoms with Crippen molar-refractivity contribution in [1.29, 1.82) is 0 Å². The molecule has 5 heteroatoms. The van der Waals surface area contributed by atoms with E-state index in [1.54, 1.807) is 12.2 Å². The highest BCUT2D eigenvalue weighted by molar-refractivity contribution is 7.57. The number of rotatable bonds is 9. The summed E-state index contributed by atoms with van der Waals surface area (Å²) in [5.41, 5.74) is 0. The van der Waals surface area contributed by atoms with Crippen LogP contribution in [0, 0.1) is 0 Å². The van der Waals surface area contributed by atoms with Crippen LogP contribution in [0.3, 0.4) is 0 Å². The third-order valence-corrected chi connectivity index (χ3v) is 5.08. The minimum absolute atomic E-state index is 0.190. The lowest BCUT2D eigenvalue weighted by Gasteiger charge is -2.37. The average molecular weight is 259 g/mol. The molecule has 0 saturated carbocycles. The van der Waals surface area contributed by atoms with Crippen molar-refractivity contribution in [2.75, 3.05) is 13.1 Å². The Labute approximate surface area is 106 Å². The normalized spacial score (nSPS) is 12.4. The summed E-state index contributed by atoms with van der Waals surface area (Å²) in [5, 5.41) is 6.10. The topological polar surface area (TPSA) is 44.4 Å². The molecule has 17 heavy (non-hydrogen) atoms. The summed E-state index contributed by atoms with van der Waals surface area (Å²) < 4.78 is 14.9. The molecular weight excluding hydrogens is 233 g/mol. The van der Waals surface area contributed by atoms with Gasteiger partial charge in [0.25, 0.3) is 7.59 Å². The van der Waals surface area contributed by atoms with Crippen LogP contribution in [0.25, 0.3) is 0 Å². The first-order chi connectivity index (χ1) is 7.89. The van der Waals surface area contributed by atoms with Crippen LogP contribution in [0.4, 0.5) is 0 Å². The predicted octanol–water partition coefficient (Wildman–Crippen LogP) is 2.76. The number of nitrogens with one attached hydrogen (secondary N) is 2. The van der Waals surface area contributed by atoms with E-state index in [0.29, 0.717) is 13.1 Å². The van der Waals surface area contributed by atoms with Crippen LogP contribution in [-0.4, -0.2) is 29.8 Å². The van der Waals surface area contributed by atoms with Crippen molar-refractivity contribution in [3.05, 3.63) is 25.3 Å². The van der Waals surface area contributed by atoms with E-state index in [2.05, 4.69) is 23.3 Å². The number of hydrogen-bond acceptors (Lipinski definition) is 1. The van der Waals surface area contributed by atoms with E-state index in [1.807, 2.05) is 32.4 Å². The zero-order valence-corrected chi connectivity index (χ0v) is 12.3. The Bertz CT molecular complexity index is 265. The first kappa shape index (κ1) is 16.6. The molecule has 0 aliphatic heterocycles. The van der Waals surface area contributed by atoms with E-state index in [9.17, 15) is 4.57 Å². The van der Waals surface area contributed by atoms with E-state index < -0.39 is 7.59 Å². The number of nitrogens with zero attached hydrogens (tertiary/aromatic N) is 1. The molecule has 0 spiro atoms. The summed E-state index contributed by atoms with van der Waals surface area (Å²) in [4.78, 5) is 0. The van der Waals surface area contributed by atoms with Gasteiger partial charge in [0.05, 0.1) is 0 Å². The van der Waals surface area contributed by atoms with Crippen molar-refractivity contribution in [3.63, 3.8) is 0 Å². The van der Waals surface area contributed by atoms with Gasteiger partial charge in [-0.3, -0.25) is 4.57 Å². The molecule has 2 N–H and O–H groups in total. The molecule has 0 bridgehead atoms. The van der Waals surface area contributed by atoms with Gasteiger partial charge in [-0.25, -0.2) is 14.8 Å². The van der Waals surface area contributed by atoms with Crippen molar-refractivity contribution in [1.82, 2.24) is 14.8 Å². The van der Waals surface area contributed by atoms with E-state index in [4.69, 9.17) is 0 Å². The monoisotopic (exact) mass is 259 g/mol. The fourth-order valence-electron chi connectivity index (χ4n) is 1.84. The maximum Gasteiger partial charge on any atom is 0.282 e. The third kappa shape index (κ3) is 5.17. The molecule has 100 valence electrons. The Balaban J connectivity index is 5.01. The first-order valence-corrected chi connectivity index (χ1v) is 7.66. The van der Waals surface area contributed by atoms with Crippen molar-refractivity contribution < 1.29 is 4.57 Å². The van der Waals surface area contributed by atoms with Crippen molar-refractivity contribution in [2.24, 2.45) is 0 Å². The van der Waals surface area contributed by atoms with E-state index in [0.717, 1.165) is 0 Å². The molecule has 0 rings (SSSR count). The molecule has 0 aromatic heterocycles. The SMILES string of the molecule is C=CCNP(=O)(NCC=C)N(C(C)C)C(C)C. The van der Waals surface area contributed by atoms with Gasteiger partial charge < -0.3 is 0 Å². The maximum absolute atomic E-state index is 12.9. The van der Waals surface area contributed by atoms with Gasteiger partial charge in [0.15, 0.2) is 0 Å². The zero-order valence-electron chi connectivity index (χ0n) is 11.4. The highest BCUT2D eigenvalue weighted by Gasteiger charge is 2.33. The Morgan fingerprint density at radius 1 is 1.06 bits per heavy atom. The van der Waals surface area contributed by atoms with Gasteiger partial charge >= 0.3 is 0 Å². The second kappa shape index (κ2) is 7.83. The van der Waals surface area contributed by atoms with E-state index in [-0.39, 0.29) is 12.1 Å². The van der Waals surface area contributed by atoms with Gasteiger partial charge in [-0.2, -0.15) is 0 Å². The van der Waals surface area contributed by atoms with Crippen LogP contribution < -0.4 is 10.2 Å². The number of hydrogen-bond donors (Lipinski definition) is 2. The first-order valence-electron chi connectivity index (χ1n) is 6.00. The quantitative estimate of drug-likeness (QED) is 0.493. The van der Waals surface area contributed by atoms with Gasteiger partial charge in [0, 0.05) is 25.2 Å². The Kier molecular flexibility index (Phi) is 7.64. The minimum atomic E-state index is -2.78. The average Bonchev–Trinajstić information content (AvgIpc) is 2.22. The van der Waals surface area contributed by atoms with Gasteiger partial charge in [0.2, 0.25) is 0 Å². The minimum Gasteiger partial charge on any atom is -0.271 e. The van der Waals surface area contributed by atoms with Crippen LogP contribution in [0.5, 0.6) is 0 Å². The summed E-state index contributed by atoms with van der Waals surface area (Å²) >= 11 is 0. The molecule has 0 atom stereocenters. The fraction of sp³-hybridized carbons (Fsp3) is 0.667. The lowest BCUT2D eigenvalue weighted by Crippen LogP contribution is -2.43. The fourth-order valence-corrected chi connectivity index (χ4v) is 4.33. The molecule has 0 aliphatic carbocycles. The Morgan fingerprint density at radius 3 is 1.65 bits per heavy atom. The summed E-state index contributed by atoms with van der Waals surface area (Å²) in [6, 6.07) is 0.380. The standard InChI is InChI=1S/C12H26N3OP/c1-7-9-13-17(16,14-10-8-2)15(11(3)4)12(5)6/h7-8,11-12H,1-2,9-10H2,3-6H3,(H2,13,14,16). The second-order valence-corrected chi connectivity index (χ2v) is 6.69. The molecule has 4 nitrogen and oxygen atoms in total. The second-order valence-electron chi connectivity index (χ2n) is 4.45. The van der Waals surface area contributed by atoms with Crippen LogP contribution in [0.2, 0.25) is 0 Å². The Morgan fingerprint density at radius 2 is 1.41 bits per heavy atom. The lowest BCUT2D eigenvalue weighted by atomic mass is 10.3. The third-order valence-electron chi connectivity index (χ3n) is 2.28. The molecule has 0 aliphatic rings. The summed E-state index contributed by atoms with van der Waals surface area (Å²) in [6.07, 6.45) is 3.42. The van der Waals surface area contributed by atoms with Crippen LogP contribution in [0.1, 0.15) is 27.7 Å². The summed E-state index contributed by atoms with van der Waals surface area (Å²) in [6.45, 7) is 16.5. The highest BCUT2D eigenvalue weighted by Crippen LogP contribution is 2.43. The smallest absolute Gasteiger partial charge is 0.271 e. The highest BCUT2D eigenvalue weighted by atomic mass is 31.2. The van der Waals surface area contributed by atoms with Gasteiger partial charge in [-0.1, -0.05) is 12.2 Å². The largest absolute Gasteiger partial charge is 0.282 e. The van der Waals surface area contributed by atoms with E-state index in [1.165, 1.54) is 0 Å². The molecular formula is C12H26N3OP. The Hall–Kier alpha value is -0.410. The molecule has 0 heterocycles. The molecule has 0 fully saturated rings. The predicted molar refractivity (Wildman–Crippen MR) is 76.1 cm³/mol. The van der Waals surface area contributed by atoms with Crippen molar-refractivity contribution in [3.8, 4) is 0 Å². The molecule has 0 aromatic rings.